The van der Waals surface area contributed by atoms with E-state index in [4.69, 9.17) is 4.74 Å². The smallest absolute Gasteiger partial charge is 0.382 e. The molecule has 0 bridgehead atoms. The van der Waals surface area contributed by atoms with Crippen LogP contribution in [0.4, 0.5) is 18.9 Å². The lowest BCUT2D eigenvalue weighted by Crippen LogP contribution is -2.45. The van der Waals surface area contributed by atoms with E-state index in [0.29, 0.717) is 18.8 Å². The first kappa shape index (κ1) is 16.6. The van der Waals surface area contributed by atoms with E-state index in [-0.39, 0.29) is 10.6 Å². The third-order valence-electron chi connectivity index (χ3n) is 3.48. The Kier molecular flexibility index (Phi) is 5.51. The minimum atomic E-state index is -4.36. The maximum absolute atomic E-state index is 12.8. The van der Waals surface area contributed by atoms with Gasteiger partial charge in [-0.25, -0.2) is 0 Å². The van der Waals surface area contributed by atoms with Crippen molar-refractivity contribution in [3.05, 3.63) is 28.2 Å². The van der Waals surface area contributed by atoms with Gasteiger partial charge in [-0.1, -0.05) is 22.9 Å². The highest BCUT2D eigenvalue weighted by Crippen LogP contribution is 2.36. The van der Waals surface area contributed by atoms with Crippen molar-refractivity contribution >= 4 is 21.6 Å². The highest BCUT2D eigenvalue weighted by molar-refractivity contribution is 9.10. The van der Waals surface area contributed by atoms with Crippen molar-refractivity contribution in [3.63, 3.8) is 0 Å². The fourth-order valence-corrected chi connectivity index (χ4v) is 2.75. The van der Waals surface area contributed by atoms with Gasteiger partial charge in [0.15, 0.2) is 0 Å². The third kappa shape index (κ3) is 4.59. The van der Waals surface area contributed by atoms with E-state index >= 15 is 0 Å². The second kappa shape index (κ2) is 6.98. The monoisotopic (exact) mass is 366 g/mol. The van der Waals surface area contributed by atoms with Gasteiger partial charge in [0.2, 0.25) is 0 Å². The van der Waals surface area contributed by atoms with Crippen LogP contribution >= 0.6 is 15.9 Å². The van der Waals surface area contributed by atoms with E-state index in [2.05, 4.69) is 33.1 Å². The molecule has 0 amide bonds. The summed E-state index contributed by atoms with van der Waals surface area (Å²) in [4.78, 5) is 2.26. The van der Waals surface area contributed by atoms with Crippen LogP contribution in [-0.2, 0) is 10.9 Å². The van der Waals surface area contributed by atoms with Crippen LogP contribution in [0, 0.1) is 0 Å². The molecule has 2 rings (SSSR count). The fourth-order valence-electron chi connectivity index (χ4n) is 2.28. The first-order chi connectivity index (χ1) is 9.90. The van der Waals surface area contributed by atoms with Crippen LogP contribution in [0.2, 0.25) is 0 Å². The molecule has 7 heteroatoms. The van der Waals surface area contributed by atoms with E-state index < -0.39 is 11.7 Å². The summed E-state index contributed by atoms with van der Waals surface area (Å²) in [6, 6.07) is 4.15. The largest absolute Gasteiger partial charge is 0.417 e. The van der Waals surface area contributed by atoms with E-state index in [0.717, 1.165) is 25.7 Å². The van der Waals surface area contributed by atoms with Gasteiger partial charge in [0.05, 0.1) is 18.3 Å². The van der Waals surface area contributed by atoms with Crippen LogP contribution in [0.5, 0.6) is 0 Å². The van der Waals surface area contributed by atoms with Gasteiger partial charge in [-0.3, -0.25) is 4.90 Å². The van der Waals surface area contributed by atoms with Gasteiger partial charge >= 0.3 is 6.18 Å². The fraction of sp³-hybridized carbons (Fsp3) is 0.571. The molecule has 1 saturated heterocycles. The quantitative estimate of drug-likeness (QED) is 0.880. The summed E-state index contributed by atoms with van der Waals surface area (Å²) in [6.45, 7) is 5.90. The van der Waals surface area contributed by atoms with Crippen LogP contribution in [0.25, 0.3) is 0 Å². The zero-order valence-corrected chi connectivity index (χ0v) is 13.3. The summed E-state index contributed by atoms with van der Waals surface area (Å²) in [5.41, 5.74) is -0.227. The number of benzene rings is 1. The number of morpholine rings is 1. The lowest BCUT2D eigenvalue weighted by Gasteiger charge is -2.32. The SMILES string of the molecule is CCN1CCOC(CNc2ccc(Br)c(C(F)(F)F)c2)C1. The van der Waals surface area contributed by atoms with Crippen molar-refractivity contribution in [1.82, 2.24) is 4.90 Å². The summed E-state index contributed by atoms with van der Waals surface area (Å²) < 4.78 is 44.2. The molecule has 21 heavy (non-hydrogen) atoms. The molecule has 1 atom stereocenters. The first-order valence-electron chi connectivity index (χ1n) is 6.84. The number of ether oxygens (including phenoxy) is 1. The summed E-state index contributed by atoms with van der Waals surface area (Å²) >= 11 is 2.93. The Bertz CT molecular complexity index is 482. The van der Waals surface area contributed by atoms with Crippen molar-refractivity contribution in [2.24, 2.45) is 0 Å². The molecule has 118 valence electrons. The number of alkyl halides is 3. The highest BCUT2D eigenvalue weighted by Gasteiger charge is 2.33. The molecule has 1 heterocycles. The summed E-state index contributed by atoms with van der Waals surface area (Å²) in [5.74, 6) is 0. The molecule has 0 aliphatic carbocycles. The number of likely N-dealkylation sites (N-methyl/N-ethyl adjacent to an activating group) is 1. The van der Waals surface area contributed by atoms with Gasteiger partial charge in [-0.2, -0.15) is 13.2 Å². The van der Waals surface area contributed by atoms with Crippen LogP contribution in [-0.4, -0.2) is 43.8 Å². The first-order valence-corrected chi connectivity index (χ1v) is 7.64. The van der Waals surface area contributed by atoms with Crippen LogP contribution in [0.1, 0.15) is 12.5 Å². The maximum Gasteiger partial charge on any atom is 0.417 e. The highest BCUT2D eigenvalue weighted by atomic mass is 79.9. The molecule has 0 aromatic heterocycles. The van der Waals surface area contributed by atoms with Gasteiger partial charge in [0.25, 0.3) is 0 Å². The van der Waals surface area contributed by atoms with Gasteiger partial charge in [-0.15, -0.1) is 0 Å². The van der Waals surface area contributed by atoms with Crippen LogP contribution < -0.4 is 5.32 Å². The van der Waals surface area contributed by atoms with Crippen molar-refractivity contribution in [2.45, 2.75) is 19.2 Å². The van der Waals surface area contributed by atoms with Crippen molar-refractivity contribution in [2.75, 3.05) is 38.1 Å². The van der Waals surface area contributed by atoms with Crippen molar-refractivity contribution < 1.29 is 17.9 Å². The van der Waals surface area contributed by atoms with E-state index in [1.54, 1.807) is 6.07 Å². The Balaban J connectivity index is 1.97. The Morgan fingerprint density at radius 3 is 2.86 bits per heavy atom. The topological polar surface area (TPSA) is 24.5 Å². The number of rotatable bonds is 4. The van der Waals surface area contributed by atoms with Crippen LogP contribution in [0.15, 0.2) is 22.7 Å². The van der Waals surface area contributed by atoms with Gasteiger partial charge < -0.3 is 10.1 Å². The predicted octanol–water partition coefficient (Wildman–Crippen LogP) is 3.60. The Morgan fingerprint density at radius 2 is 2.19 bits per heavy atom. The molecular formula is C14H18BrF3N2O. The molecule has 0 saturated carbocycles. The Morgan fingerprint density at radius 1 is 1.43 bits per heavy atom. The number of hydrogen-bond acceptors (Lipinski definition) is 3. The molecule has 1 aliphatic rings. The summed E-state index contributed by atoms with van der Waals surface area (Å²) in [5, 5.41) is 3.03. The number of nitrogens with zero attached hydrogens (tertiary/aromatic N) is 1. The molecule has 0 radical (unpaired) electrons. The van der Waals surface area contributed by atoms with Crippen molar-refractivity contribution in [3.8, 4) is 0 Å². The molecule has 3 nitrogen and oxygen atoms in total. The van der Waals surface area contributed by atoms with E-state index in [1.165, 1.54) is 6.07 Å². The summed E-state index contributed by atoms with van der Waals surface area (Å²) in [6.07, 6.45) is -4.37. The summed E-state index contributed by atoms with van der Waals surface area (Å²) in [7, 11) is 0. The molecule has 1 fully saturated rings. The maximum atomic E-state index is 12.8. The second-order valence-electron chi connectivity index (χ2n) is 4.96. The predicted molar refractivity (Wildman–Crippen MR) is 79.5 cm³/mol. The van der Waals surface area contributed by atoms with E-state index in [9.17, 15) is 13.2 Å². The van der Waals surface area contributed by atoms with E-state index in [1.807, 2.05) is 0 Å². The lowest BCUT2D eigenvalue weighted by molar-refractivity contribution is -0.138. The molecular weight excluding hydrogens is 349 g/mol. The molecule has 1 unspecified atom stereocenters. The normalized spacial score (nSPS) is 20.5. The van der Waals surface area contributed by atoms with Gasteiger partial charge in [-0.05, 0) is 24.7 Å². The van der Waals surface area contributed by atoms with Gasteiger partial charge in [0, 0.05) is 29.8 Å². The van der Waals surface area contributed by atoms with Crippen LogP contribution in [0.3, 0.4) is 0 Å². The number of nitrogens with one attached hydrogen (secondary N) is 1. The zero-order valence-electron chi connectivity index (χ0n) is 11.7. The van der Waals surface area contributed by atoms with Crippen molar-refractivity contribution in [1.29, 1.82) is 0 Å². The zero-order chi connectivity index (χ0) is 15.5. The number of halogens is 4. The second-order valence-corrected chi connectivity index (χ2v) is 5.81. The third-order valence-corrected chi connectivity index (χ3v) is 4.17. The molecule has 1 aromatic rings. The number of hydrogen-bond donors (Lipinski definition) is 1. The molecule has 1 aliphatic heterocycles. The number of anilines is 1. The lowest BCUT2D eigenvalue weighted by atomic mass is 10.2. The standard InChI is InChI=1S/C14H18BrF3N2O/c1-2-20-5-6-21-11(9-20)8-19-10-3-4-13(15)12(7-10)14(16,17)18/h3-4,7,11,19H,2,5-6,8-9H2,1H3. The minimum Gasteiger partial charge on any atom is -0.382 e. The Hall–Kier alpha value is -0.790. The average Bonchev–Trinajstić information content (AvgIpc) is 2.45. The molecule has 1 aromatic carbocycles. The molecule has 0 spiro atoms. The average molecular weight is 367 g/mol. The Labute approximate surface area is 130 Å². The molecule has 1 N–H and O–H groups in total. The minimum absolute atomic E-state index is 0.00307. The van der Waals surface area contributed by atoms with Gasteiger partial charge in [0.1, 0.15) is 0 Å².